The van der Waals surface area contributed by atoms with E-state index < -0.39 is 0 Å². The standard InChI is InChI=1S/C21H34N4O3.HI/c1-25(2)20(26)16-24-21(23-13-11-18-8-4-3-5-9-18)22-12-7-14-27-17-19-10-6-15-28-19;/h3-5,8-9,19H,6-7,10-17H2,1-2H3,(H2,22,23,24);1H. The molecule has 1 amide bonds. The molecule has 1 atom stereocenters. The number of guanidine groups is 1. The summed E-state index contributed by atoms with van der Waals surface area (Å²) >= 11 is 0. The Bertz CT molecular complexity index is 593. The summed E-state index contributed by atoms with van der Waals surface area (Å²) in [5.41, 5.74) is 1.27. The molecule has 1 aromatic carbocycles. The Hall–Kier alpha value is -1.39. The van der Waals surface area contributed by atoms with Crippen molar-refractivity contribution >= 4 is 35.8 Å². The van der Waals surface area contributed by atoms with Crippen molar-refractivity contribution in [2.24, 2.45) is 4.99 Å². The monoisotopic (exact) mass is 518 g/mol. The Kier molecular flexibility index (Phi) is 13.7. The Morgan fingerprint density at radius 2 is 2.00 bits per heavy atom. The Morgan fingerprint density at radius 3 is 2.69 bits per heavy atom. The molecule has 1 aliphatic rings. The van der Waals surface area contributed by atoms with Crippen LogP contribution in [0, 0.1) is 0 Å². The molecule has 7 nitrogen and oxygen atoms in total. The maximum absolute atomic E-state index is 11.8. The van der Waals surface area contributed by atoms with E-state index in [1.54, 1.807) is 19.0 Å². The van der Waals surface area contributed by atoms with Crippen LogP contribution < -0.4 is 10.6 Å². The molecule has 8 heteroatoms. The average molecular weight is 518 g/mol. The number of nitrogens with zero attached hydrogens (tertiary/aromatic N) is 2. The SMILES string of the molecule is CN(C)C(=O)CN=C(NCCCOCC1CCCO1)NCCc1ccccc1.I. The predicted octanol–water partition coefficient (Wildman–Crippen LogP) is 2.06. The second kappa shape index (κ2) is 15.4. The molecule has 1 aliphatic heterocycles. The van der Waals surface area contributed by atoms with E-state index in [1.807, 2.05) is 18.2 Å². The number of likely N-dealkylation sites (N-methyl/N-ethyl adjacent to an activating group) is 1. The van der Waals surface area contributed by atoms with Crippen LogP contribution in [0.4, 0.5) is 0 Å². The Morgan fingerprint density at radius 1 is 1.24 bits per heavy atom. The van der Waals surface area contributed by atoms with Crippen molar-refractivity contribution in [1.29, 1.82) is 0 Å². The molecule has 1 unspecified atom stereocenters. The molecule has 0 aliphatic carbocycles. The van der Waals surface area contributed by atoms with E-state index in [-0.39, 0.29) is 42.5 Å². The number of aliphatic imine (C=N–C) groups is 1. The van der Waals surface area contributed by atoms with Crippen molar-refractivity contribution in [3.05, 3.63) is 35.9 Å². The number of hydrogen-bond acceptors (Lipinski definition) is 4. The number of halogens is 1. The van der Waals surface area contributed by atoms with Crippen LogP contribution in [0.3, 0.4) is 0 Å². The second-order valence-electron chi connectivity index (χ2n) is 7.11. The van der Waals surface area contributed by atoms with Crippen molar-refractivity contribution in [2.75, 3.05) is 53.6 Å². The zero-order valence-corrected chi connectivity index (χ0v) is 19.9. The van der Waals surface area contributed by atoms with Crippen molar-refractivity contribution in [3.8, 4) is 0 Å². The molecule has 0 bridgehead atoms. The van der Waals surface area contributed by atoms with Crippen LogP contribution >= 0.6 is 24.0 Å². The summed E-state index contributed by atoms with van der Waals surface area (Å²) in [6.07, 6.45) is 4.26. The third kappa shape index (κ3) is 11.4. The van der Waals surface area contributed by atoms with Gasteiger partial charge in [-0.2, -0.15) is 0 Å². The smallest absolute Gasteiger partial charge is 0.243 e. The lowest BCUT2D eigenvalue weighted by Crippen LogP contribution is -2.40. The van der Waals surface area contributed by atoms with E-state index in [0.717, 1.165) is 45.4 Å². The minimum absolute atomic E-state index is 0. The number of carbonyl (C=O) groups is 1. The molecule has 1 saturated heterocycles. The number of rotatable bonds is 11. The topological polar surface area (TPSA) is 75.2 Å². The van der Waals surface area contributed by atoms with Crippen LogP contribution in [-0.4, -0.2) is 76.4 Å². The highest BCUT2D eigenvalue weighted by molar-refractivity contribution is 14.0. The van der Waals surface area contributed by atoms with E-state index in [0.29, 0.717) is 19.2 Å². The molecule has 0 saturated carbocycles. The van der Waals surface area contributed by atoms with Gasteiger partial charge < -0.3 is 25.0 Å². The minimum Gasteiger partial charge on any atom is -0.379 e. The molecule has 0 spiro atoms. The summed E-state index contributed by atoms with van der Waals surface area (Å²) in [5, 5.41) is 6.59. The zero-order chi connectivity index (χ0) is 20.0. The minimum atomic E-state index is -0.0240. The van der Waals surface area contributed by atoms with E-state index in [9.17, 15) is 4.79 Å². The molecule has 0 radical (unpaired) electrons. The molecule has 2 N–H and O–H groups in total. The van der Waals surface area contributed by atoms with Crippen molar-refractivity contribution in [1.82, 2.24) is 15.5 Å². The molecule has 2 rings (SSSR count). The lowest BCUT2D eigenvalue weighted by atomic mass is 10.1. The van der Waals surface area contributed by atoms with Gasteiger partial charge in [-0.25, -0.2) is 4.99 Å². The van der Waals surface area contributed by atoms with Gasteiger partial charge in [0.1, 0.15) is 6.54 Å². The normalized spacial score (nSPS) is 16.2. The largest absolute Gasteiger partial charge is 0.379 e. The summed E-state index contributed by atoms with van der Waals surface area (Å²) in [4.78, 5) is 17.8. The van der Waals surface area contributed by atoms with Gasteiger partial charge in [0, 0.05) is 40.4 Å². The summed E-state index contributed by atoms with van der Waals surface area (Å²) in [5.74, 6) is 0.634. The summed E-state index contributed by atoms with van der Waals surface area (Å²) in [6, 6.07) is 10.3. The average Bonchev–Trinajstić information content (AvgIpc) is 3.22. The fraction of sp³-hybridized carbons (Fsp3) is 0.619. The van der Waals surface area contributed by atoms with Crippen molar-refractivity contribution in [2.45, 2.75) is 31.8 Å². The van der Waals surface area contributed by atoms with Gasteiger partial charge >= 0.3 is 0 Å². The predicted molar refractivity (Wildman–Crippen MR) is 127 cm³/mol. The lowest BCUT2D eigenvalue weighted by Gasteiger charge is -2.14. The molecule has 0 aromatic heterocycles. The fourth-order valence-electron chi connectivity index (χ4n) is 2.80. The Labute approximate surface area is 191 Å². The van der Waals surface area contributed by atoms with Crippen molar-refractivity contribution < 1.29 is 14.3 Å². The summed E-state index contributed by atoms with van der Waals surface area (Å²) in [7, 11) is 3.47. The number of amides is 1. The number of nitrogens with one attached hydrogen (secondary N) is 2. The van der Waals surface area contributed by atoms with Crippen LogP contribution in [0.5, 0.6) is 0 Å². The van der Waals surface area contributed by atoms with E-state index in [1.165, 1.54) is 5.56 Å². The molecular formula is C21H35IN4O3. The van der Waals surface area contributed by atoms with Gasteiger partial charge in [-0.1, -0.05) is 30.3 Å². The molecule has 164 valence electrons. The molecule has 1 heterocycles. The highest BCUT2D eigenvalue weighted by atomic mass is 127. The van der Waals surface area contributed by atoms with Gasteiger partial charge in [-0.05, 0) is 31.2 Å². The third-order valence-corrected chi connectivity index (χ3v) is 4.51. The van der Waals surface area contributed by atoms with Crippen LogP contribution in [-0.2, 0) is 20.7 Å². The maximum Gasteiger partial charge on any atom is 0.243 e. The molecule has 1 fully saturated rings. The zero-order valence-electron chi connectivity index (χ0n) is 17.6. The van der Waals surface area contributed by atoms with Crippen LogP contribution in [0.15, 0.2) is 35.3 Å². The van der Waals surface area contributed by atoms with Gasteiger partial charge in [-0.15, -0.1) is 24.0 Å². The summed E-state index contributed by atoms with van der Waals surface area (Å²) < 4.78 is 11.2. The van der Waals surface area contributed by atoms with Gasteiger partial charge in [0.05, 0.1) is 12.7 Å². The van der Waals surface area contributed by atoms with E-state index in [4.69, 9.17) is 9.47 Å². The van der Waals surface area contributed by atoms with Gasteiger partial charge in [0.25, 0.3) is 0 Å². The second-order valence-corrected chi connectivity index (χ2v) is 7.11. The quantitative estimate of drug-likeness (QED) is 0.203. The first kappa shape index (κ1) is 25.6. The number of ether oxygens (including phenoxy) is 2. The molecular weight excluding hydrogens is 483 g/mol. The van der Waals surface area contributed by atoms with Crippen molar-refractivity contribution in [3.63, 3.8) is 0 Å². The van der Waals surface area contributed by atoms with Gasteiger partial charge in [0.2, 0.25) is 5.91 Å². The van der Waals surface area contributed by atoms with Crippen LogP contribution in [0.25, 0.3) is 0 Å². The van der Waals surface area contributed by atoms with E-state index >= 15 is 0 Å². The number of hydrogen-bond donors (Lipinski definition) is 2. The van der Waals surface area contributed by atoms with Gasteiger partial charge in [0.15, 0.2) is 5.96 Å². The first-order valence-corrected chi connectivity index (χ1v) is 10.1. The highest BCUT2D eigenvalue weighted by Gasteiger charge is 2.14. The third-order valence-electron chi connectivity index (χ3n) is 4.51. The van der Waals surface area contributed by atoms with Gasteiger partial charge in [-0.3, -0.25) is 4.79 Å². The number of benzene rings is 1. The highest BCUT2D eigenvalue weighted by Crippen LogP contribution is 2.11. The first-order valence-electron chi connectivity index (χ1n) is 10.1. The van der Waals surface area contributed by atoms with Crippen LogP contribution in [0.2, 0.25) is 0 Å². The Balaban J connectivity index is 0.00000420. The van der Waals surface area contributed by atoms with Crippen LogP contribution in [0.1, 0.15) is 24.8 Å². The van der Waals surface area contributed by atoms with E-state index in [2.05, 4.69) is 27.8 Å². The summed E-state index contributed by atoms with van der Waals surface area (Å²) in [6.45, 7) is 3.83. The maximum atomic E-state index is 11.8. The number of carbonyl (C=O) groups excluding carboxylic acids is 1. The fourth-order valence-corrected chi connectivity index (χ4v) is 2.80. The molecule has 29 heavy (non-hydrogen) atoms. The lowest BCUT2D eigenvalue weighted by molar-refractivity contribution is -0.127. The first-order chi connectivity index (χ1) is 13.6. The molecule has 1 aromatic rings.